The third-order valence-corrected chi connectivity index (χ3v) is 5.84. The molecule has 142 valence electrons. The highest BCUT2D eigenvalue weighted by atomic mass is 35.5. The smallest absolute Gasteiger partial charge is 0.251 e. The van der Waals surface area contributed by atoms with Crippen molar-refractivity contribution in [3.8, 4) is 0 Å². The number of nitrogens with one attached hydrogen (secondary N) is 2. The van der Waals surface area contributed by atoms with Crippen molar-refractivity contribution >= 4 is 23.4 Å². The van der Waals surface area contributed by atoms with Crippen LogP contribution >= 0.6 is 11.6 Å². The molecule has 0 spiro atoms. The van der Waals surface area contributed by atoms with Crippen LogP contribution in [0.5, 0.6) is 0 Å². The van der Waals surface area contributed by atoms with Gasteiger partial charge in [0.05, 0.1) is 0 Å². The molecule has 5 nitrogen and oxygen atoms in total. The Morgan fingerprint density at radius 3 is 2.62 bits per heavy atom. The molecule has 0 bridgehead atoms. The molecule has 1 aromatic carbocycles. The number of hydrogen-bond donors (Lipinski definition) is 2. The van der Waals surface area contributed by atoms with Gasteiger partial charge in [-0.2, -0.15) is 0 Å². The number of piperidine rings is 1. The Kier molecular flexibility index (Phi) is 6.20. The van der Waals surface area contributed by atoms with Crippen LogP contribution in [0.3, 0.4) is 0 Å². The first-order valence-electron chi connectivity index (χ1n) is 9.51. The van der Waals surface area contributed by atoms with E-state index in [1.165, 1.54) is 0 Å². The highest BCUT2D eigenvalue weighted by Gasteiger charge is 2.44. The normalized spacial score (nSPS) is 19.8. The summed E-state index contributed by atoms with van der Waals surface area (Å²) < 4.78 is 0. The molecule has 1 saturated carbocycles. The maximum absolute atomic E-state index is 12.2. The van der Waals surface area contributed by atoms with E-state index in [-0.39, 0.29) is 17.2 Å². The van der Waals surface area contributed by atoms with Gasteiger partial charge in [-0.05, 0) is 62.9 Å². The summed E-state index contributed by atoms with van der Waals surface area (Å²) in [5, 5.41) is 6.65. The molecule has 2 N–H and O–H groups in total. The molecular formula is C20H28ClN3O2. The molecule has 2 aliphatic rings. The zero-order chi connectivity index (χ0) is 18.6. The molecule has 26 heavy (non-hydrogen) atoms. The topological polar surface area (TPSA) is 61.4 Å². The lowest BCUT2D eigenvalue weighted by atomic mass is 9.96. The molecule has 6 heteroatoms. The first-order chi connectivity index (χ1) is 12.5. The van der Waals surface area contributed by atoms with Gasteiger partial charge in [0.2, 0.25) is 5.91 Å². The van der Waals surface area contributed by atoms with Crippen molar-refractivity contribution in [1.82, 2.24) is 15.5 Å². The van der Waals surface area contributed by atoms with Gasteiger partial charge in [0, 0.05) is 35.6 Å². The first-order valence-corrected chi connectivity index (χ1v) is 9.88. The second-order valence-electron chi connectivity index (χ2n) is 7.82. The van der Waals surface area contributed by atoms with Crippen LogP contribution in [0.15, 0.2) is 24.3 Å². The predicted molar refractivity (Wildman–Crippen MR) is 103 cm³/mol. The number of hydrogen-bond acceptors (Lipinski definition) is 3. The van der Waals surface area contributed by atoms with Crippen LogP contribution in [-0.4, -0.2) is 49.4 Å². The molecule has 0 unspecified atom stereocenters. The Hall–Kier alpha value is -1.59. The van der Waals surface area contributed by atoms with E-state index < -0.39 is 0 Å². The summed E-state index contributed by atoms with van der Waals surface area (Å²) in [5.74, 6) is 0.650. The van der Waals surface area contributed by atoms with Crippen LogP contribution < -0.4 is 10.6 Å². The van der Waals surface area contributed by atoms with Gasteiger partial charge in [0.25, 0.3) is 5.91 Å². The zero-order valence-corrected chi connectivity index (χ0v) is 16.1. The van der Waals surface area contributed by atoms with Gasteiger partial charge in [0.15, 0.2) is 0 Å². The second-order valence-corrected chi connectivity index (χ2v) is 8.26. The predicted octanol–water partition coefficient (Wildman–Crippen LogP) is 2.70. The van der Waals surface area contributed by atoms with E-state index in [0.29, 0.717) is 23.0 Å². The van der Waals surface area contributed by atoms with Crippen molar-refractivity contribution in [3.63, 3.8) is 0 Å². The molecule has 0 aromatic heterocycles. The Balaban J connectivity index is 1.31. The molecule has 1 heterocycles. The van der Waals surface area contributed by atoms with Gasteiger partial charge in [0.1, 0.15) is 0 Å². The maximum Gasteiger partial charge on any atom is 0.251 e. The number of likely N-dealkylation sites (tertiary alicyclic amines) is 1. The number of rotatable bonds is 7. The van der Waals surface area contributed by atoms with Crippen molar-refractivity contribution in [2.24, 2.45) is 11.3 Å². The first kappa shape index (κ1) is 19.2. The Bertz CT molecular complexity index is 652. The van der Waals surface area contributed by atoms with Gasteiger partial charge < -0.3 is 15.5 Å². The summed E-state index contributed by atoms with van der Waals surface area (Å²) in [4.78, 5) is 26.5. The van der Waals surface area contributed by atoms with E-state index in [9.17, 15) is 9.59 Å². The summed E-state index contributed by atoms with van der Waals surface area (Å²) in [6.45, 7) is 6.41. The molecule has 1 aromatic rings. The fraction of sp³-hybridized carbons (Fsp3) is 0.600. The van der Waals surface area contributed by atoms with E-state index >= 15 is 0 Å². The van der Waals surface area contributed by atoms with Crippen LogP contribution in [0.2, 0.25) is 5.02 Å². The lowest BCUT2D eigenvalue weighted by Crippen LogP contribution is -2.42. The third-order valence-electron chi connectivity index (χ3n) is 5.61. The Labute approximate surface area is 160 Å². The van der Waals surface area contributed by atoms with Gasteiger partial charge in [-0.25, -0.2) is 0 Å². The number of benzene rings is 1. The summed E-state index contributed by atoms with van der Waals surface area (Å²) in [5.41, 5.74) is 0.517. The number of carbonyl (C=O) groups is 2. The minimum atomic E-state index is -0.0891. The molecule has 1 aliphatic heterocycles. The van der Waals surface area contributed by atoms with E-state index in [0.717, 1.165) is 51.9 Å². The quantitative estimate of drug-likeness (QED) is 0.768. The maximum atomic E-state index is 12.2. The molecule has 1 aliphatic carbocycles. The summed E-state index contributed by atoms with van der Waals surface area (Å²) in [6, 6.07) is 7.02. The minimum Gasteiger partial charge on any atom is -0.354 e. The Morgan fingerprint density at radius 2 is 1.96 bits per heavy atom. The van der Waals surface area contributed by atoms with Crippen molar-refractivity contribution in [2.45, 2.75) is 32.6 Å². The van der Waals surface area contributed by atoms with Crippen LogP contribution in [0.1, 0.15) is 43.0 Å². The fourth-order valence-electron chi connectivity index (χ4n) is 3.34. The van der Waals surface area contributed by atoms with Gasteiger partial charge in [-0.15, -0.1) is 0 Å². The van der Waals surface area contributed by atoms with Crippen molar-refractivity contribution in [2.75, 3.05) is 32.7 Å². The average Bonchev–Trinajstić information content (AvgIpc) is 3.39. The van der Waals surface area contributed by atoms with Crippen LogP contribution in [0, 0.1) is 11.3 Å². The number of amides is 2. The monoisotopic (exact) mass is 377 g/mol. The molecule has 2 fully saturated rings. The molecular weight excluding hydrogens is 350 g/mol. The van der Waals surface area contributed by atoms with Crippen molar-refractivity contribution in [3.05, 3.63) is 34.9 Å². The number of nitrogens with zero attached hydrogens (tertiary/aromatic N) is 1. The molecule has 2 amide bonds. The zero-order valence-electron chi connectivity index (χ0n) is 15.4. The van der Waals surface area contributed by atoms with E-state index in [1.54, 1.807) is 24.3 Å². The minimum absolute atomic E-state index is 0.0637. The Morgan fingerprint density at radius 1 is 1.23 bits per heavy atom. The van der Waals surface area contributed by atoms with Gasteiger partial charge in [-0.1, -0.05) is 24.6 Å². The summed E-state index contributed by atoms with van der Waals surface area (Å²) >= 11 is 5.93. The molecule has 0 atom stereocenters. The third kappa shape index (κ3) is 5.21. The average molecular weight is 378 g/mol. The molecule has 3 rings (SSSR count). The molecule has 0 radical (unpaired) electrons. The van der Waals surface area contributed by atoms with Crippen molar-refractivity contribution in [1.29, 1.82) is 0 Å². The fourth-order valence-corrected chi connectivity index (χ4v) is 3.53. The number of carbonyl (C=O) groups excluding carboxylic acids is 2. The second kappa shape index (κ2) is 8.40. The highest BCUT2D eigenvalue weighted by Crippen LogP contribution is 2.44. The lowest BCUT2D eigenvalue weighted by Gasteiger charge is -2.32. The lowest BCUT2D eigenvalue weighted by molar-refractivity contribution is -0.125. The van der Waals surface area contributed by atoms with E-state index in [1.807, 2.05) is 6.92 Å². The SMILES string of the molecule is CC1(C(=O)NCCN2CCC(CNC(=O)c3cccc(Cl)c3)CC2)CC1. The summed E-state index contributed by atoms with van der Waals surface area (Å²) in [7, 11) is 0. The van der Waals surface area contributed by atoms with E-state index in [2.05, 4.69) is 15.5 Å². The summed E-state index contributed by atoms with van der Waals surface area (Å²) in [6.07, 6.45) is 4.18. The molecule has 1 saturated heterocycles. The van der Waals surface area contributed by atoms with Gasteiger partial charge in [-0.3, -0.25) is 9.59 Å². The number of halogens is 1. The standard InChI is InChI=1S/C20H28ClN3O2/c1-20(7-8-20)19(26)22-9-12-24-10-5-15(6-11-24)14-23-18(25)16-3-2-4-17(21)13-16/h2-4,13,15H,5-12,14H2,1H3,(H,22,26)(H,23,25). The van der Waals surface area contributed by atoms with E-state index in [4.69, 9.17) is 11.6 Å². The van der Waals surface area contributed by atoms with Gasteiger partial charge >= 0.3 is 0 Å². The van der Waals surface area contributed by atoms with Crippen molar-refractivity contribution < 1.29 is 9.59 Å². The van der Waals surface area contributed by atoms with Crippen LogP contribution in [-0.2, 0) is 4.79 Å². The highest BCUT2D eigenvalue weighted by molar-refractivity contribution is 6.30. The largest absolute Gasteiger partial charge is 0.354 e. The van der Waals surface area contributed by atoms with Crippen LogP contribution in [0.25, 0.3) is 0 Å². The van der Waals surface area contributed by atoms with Crippen LogP contribution in [0.4, 0.5) is 0 Å².